The third-order valence-corrected chi connectivity index (χ3v) is 6.25. The van der Waals surface area contributed by atoms with Crippen LogP contribution in [0.1, 0.15) is 25.3 Å². The number of nitrogens with zero attached hydrogens (tertiary/aromatic N) is 1. The molecule has 1 aliphatic rings. The predicted octanol–water partition coefficient (Wildman–Crippen LogP) is 3.77. The van der Waals surface area contributed by atoms with E-state index in [4.69, 9.17) is 14.2 Å². The Labute approximate surface area is 197 Å². The molecule has 7 nitrogen and oxygen atoms in total. The zero-order valence-corrected chi connectivity index (χ0v) is 19.4. The molecule has 0 aliphatic carbocycles. The van der Waals surface area contributed by atoms with E-state index in [2.05, 4.69) is 5.32 Å². The van der Waals surface area contributed by atoms with E-state index in [9.17, 15) is 31.5 Å². The number of aryl methyl sites for hydroxylation is 1. The fourth-order valence-electron chi connectivity index (χ4n) is 4.09. The number of amides is 1. The molecule has 0 unspecified atom stereocenters. The van der Waals surface area contributed by atoms with Crippen LogP contribution in [0.4, 0.5) is 27.6 Å². The summed E-state index contributed by atoms with van der Waals surface area (Å²) in [5.41, 5.74) is -3.16. The lowest BCUT2D eigenvalue weighted by Gasteiger charge is -2.32. The molecule has 3 rings (SSSR count). The van der Waals surface area contributed by atoms with Gasteiger partial charge in [-0.05, 0) is 19.1 Å². The number of rotatable bonds is 7. The van der Waals surface area contributed by atoms with Gasteiger partial charge in [0.15, 0.2) is 17.2 Å². The molecule has 192 valence electrons. The number of halogens is 5. The summed E-state index contributed by atoms with van der Waals surface area (Å²) in [6.45, 7) is 1.81. The number of carbonyl (C=O) groups excluding carboxylic acids is 1. The highest BCUT2D eigenvalue weighted by Crippen LogP contribution is 2.55. The number of alkyl halides is 3. The number of hydrogen-bond acceptors (Lipinski definition) is 5. The first-order valence-corrected chi connectivity index (χ1v) is 10.6. The highest BCUT2D eigenvalue weighted by atomic mass is 19.4. The molecule has 0 radical (unpaired) electrons. The van der Waals surface area contributed by atoms with E-state index in [1.54, 1.807) is 0 Å². The van der Waals surface area contributed by atoms with Gasteiger partial charge in [-0.3, -0.25) is 9.59 Å². The molecule has 1 N–H and O–H groups in total. The predicted molar refractivity (Wildman–Crippen MR) is 115 cm³/mol. The lowest BCUT2D eigenvalue weighted by molar-refractivity contribution is -0.272. The van der Waals surface area contributed by atoms with Gasteiger partial charge in [-0.1, -0.05) is 13.0 Å². The minimum absolute atomic E-state index is 0.00300. The Kier molecular flexibility index (Phi) is 7.56. The van der Waals surface area contributed by atoms with Gasteiger partial charge >= 0.3 is 6.18 Å². The third-order valence-electron chi connectivity index (χ3n) is 6.25. The number of pyridine rings is 1. The van der Waals surface area contributed by atoms with Crippen LogP contribution in [0.3, 0.4) is 0 Å². The van der Waals surface area contributed by atoms with Crippen LogP contribution in [-0.2, 0) is 21.3 Å². The molecule has 2 heterocycles. The van der Waals surface area contributed by atoms with E-state index in [-0.39, 0.29) is 30.0 Å². The van der Waals surface area contributed by atoms with Gasteiger partial charge in [-0.2, -0.15) is 17.6 Å². The van der Waals surface area contributed by atoms with Gasteiger partial charge in [-0.15, -0.1) is 0 Å². The summed E-state index contributed by atoms with van der Waals surface area (Å²) >= 11 is 0. The Bertz CT molecular complexity index is 1150. The fraction of sp³-hybridized carbons (Fsp3) is 0.478. The Morgan fingerprint density at radius 3 is 2.49 bits per heavy atom. The van der Waals surface area contributed by atoms with E-state index in [1.165, 1.54) is 44.0 Å². The monoisotopic (exact) mass is 504 g/mol. The van der Waals surface area contributed by atoms with E-state index < -0.39 is 53.0 Å². The molecule has 1 aliphatic heterocycles. The summed E-state index contributed by atoms with van der Waals surface area (Å²) in [7, 11) is 2.79. The lowest BCUT2D eigenvalue weighted by atomic mass is 9.77. The molecular weight excluding hydrogens is 479 g/mol. The van der Waals surface area contributed by atoms with Crippen LogP contribution in [0, 0.1) is 17.6 Å². The summed E-state index contributed by atoms with van der Waals surface area (Å²) in [4.78, 5) is 24.8. The van der Waals surface area contributed by atoms with Crippen LogP contribution in [0.15, 0.2) is 35.3 Å². The molecule has 35 heavy (non-hydrogen) atoms. The first kappa shape index (κ1) is 26.6. The SMILES string of the molecule is COCCOc1c([C@H]2[C@H](C(=O)Nc3ccc(=O)n(C)c3)O[C@@](C)(C(F)(F)F)[C@H]2C)ccc(F)c1F. The Morgan fingerprint density at radius 1 is 1.20 bits per heavy atom. The summed E-state index contributed by atoms with van der Waals surface area (Å²) in [5, 5.41) is 2.44. The van der Waals surface area contributed by atoms with Crippen LogP contribution in [-0.4, -0.2) is 48.7 Å². The average Bonchev–Trinajstić information content (AvgIpc) is 3.06. The fourth-order valence-corrected chi connectivity index (χ4v) is 4.09. The second kappa shape index (κ2) is 9.94. The first-order chi connectivity index (χ1) is 16.3. The van der Waals surface area contributed by atoms with E-state index in [0.717, 1.165) is 19.1 Å². The molecule has 1 aromatic heterocycles. The number of methoxy groups -OCH3 is 1. The van der Waals surface area contributed by atoms with Crippen molar-refractivity contribution in [3.8, 4) is 5.75 Å². The second-order valence-corrected chi connectivity index (χ2v) is 8.43. The van der Waals surface area contributed by atoms with Gasteiger partial charge in [0.1, 0.15) is 12.7 Å². The van der Waals surface area contributed by atoms with Crippen LogP contribution in [0.5, 0.6) is 5.75 Å². The topological polar surface area (TPSA) is 78.8 Å². The quantitative estimate of drug-likeness (QED) is 0.459. The van der Waals surface area contributed by atoms with Crippen molar-refractivity contribution in [2.45, 2.75) is 37.6 Å². The van der Waals surface area contributed by atoms with Gasteiger partial charge in [0.05, 0.1) is 12.3 Å². The molecule has 0 bridgehead atoms. The maximum Gasteiger partial charge on any atom is 0.417 e. The van der Waals surface area contributed by atoms with Gasteiger partial charge in [0.25, 0.3) is 5.91 Å². The van der Waals surface area contributed by atoms with Crippen molar-refractivity contribution in [1.82, 2.24) is 4.57 Å². The molecule has 1 aromatic carbocycles. The van der Waals surface area contributed by atoms with Gasteiger partial charge < -0.3 is 24.1 Å². The van der Waals surface area contributed by atoms with Crippen LogP contribution >= 0.6 is 0 Å². The van der Waals surface area contributed by atoms with Crippen molar-refractivity contribution < 1.29 is 41.0 Å². The van der Waals surface area contributed by atoms with E-state index in [0.29, 0.717) is 0 Å². The molecule has 1 amide bonds. The molecule has 0 saturated carbocycles. The van der Waals surface area contributed by atoms with Crippen LogP contribution in [0.2, 0.25) is 0 Å². The smallest absolute Gasteiger partial charge is 0.417 e. The number of aromatic nitrogens is 1. The number of carbonyl (C=O) groups is 1. The Morgan fingerprint density at radius 2 is 1.89 bits per heavy atom. The molecule has 0 spiro atoms. The zero-order valence-electron chi connectivity index (χ0n) is 19.4. The number of ether oxygens (including phenoxy) is 3. The van der Waals surface area contributed by atoms with Crippen molar-refractivity contribution >= 4 is 11.6 Å². The number of nitrogens with one attached hydrogen (secondary N) is 1. The maximum atomic E-state index is 14.7. The highest BCUT2D eigenvalue weighted by Gasteiger charge is 2.65. The zero-order chi connectivity index (χ0) is 26.1. The minimum Gasteiger partial charge on any atom is -0.488 e. The van der Waals surface area contributed by atoms with Crippen LogP contribution < -0.4 is 15.6 Å². The number of hydrogen-bond donors (Lipinski definition) is 1. The summed E-state index contributed by atoms with van der Waals surface area (Å²) in [6, 6.07) is 4.29. The number of benzene rings is 1. The minimum atomic E-state index is -4.88. The second-order valence-electron chi connectivity index (χ2n) is 8.43. The first-order valence-electron chi connectivity index (χ1n) is 10.6. The van der Waals surface area contributed by atoms with Crippen molar-refractivity contribution in [3.63, 3.8) is 0 Å². The van der Waals surface area contributed by atoms with Gasteiger partial charge in [-0.25, -0.2) is 4.39 Å². The molecule has 1 saturated heterocycles. The third kappa shape index (κ3) is 5.03. The standard InChI is InChI=1S/C23H25F5N2O5/c1-12-17(14-6-7-15(24)18(25)19(14)34-10-9-33-4)20(35-22(12,2)23(26,27)28)21(32)29-13-5-8-16(31)30(3)11-13/h5-8,11-12,17,20H,9-10H2,1-4H3,(H,29,32)/t12-,17-,20+,22+/m0/s1. The Hall–Kier alpha value is -2.99. The lowest BCUT2D eigenvalue weighted by Crippen LogP contribution is -2.47. The molecular formula is C23H25F5N2O5. The largest absolute Gasteiger partial charge is 0.488 e. The van der Waals surface area contributed by atoms with Crippen molar-refractivity contribution in [3.05, 3.63) is 58.0 Å². The summed E-state index contributed by atoms with van der Waals surface area (Å²) in [5.74, 6) is -6.99. The Balaban J connectivity index is 2.08. The number of anilines is 1. The molecule has 2 aromatic rings. The van der Waals surface area contributed by atoms with Crippen LogP contribution in [0.25, 0.3) is 0 Å². The summed E-state index contributed by atoms with van der Waals surface area (Å²) in [6.07, 6.45) is -5.34. The van der Waals surface area contributed by atoms with Crippen molar-refractivity contribution in [1.29, 1.82) is 0 Å². The molecule has 4 atom stereocenters. The highest BCUT2D eigenvalue weighted by molar-refractivity contribution is 5.95. The van der Waals surface area contributed by atoms with Crippen molar-refractivity contribution in [2.75, 3.05) is 25.6 Å². The maximum absolute atomic E-state index is 14.7. The molecule has 12 heteroatoms. The van der Waals surface area contributed by atoms with Gasteiger partial charge in [0, 0.05) is 43.8 Å². The van der Waals surface area contributed by atoms with Crippen molar-refractivity contribution in [2.24, 2.45) is 13.0 Å². The normalized spacial score (nSPS) is 24.4. The molecule has 1 fully saturated rings. The van der Waals surface area contributed by atoms with E-state index >= 15 is 0 Å². The summed E-state index contributed by atoms with van der Waals surface area (Å²) < 4.78 is 87.6. The van der Waals surface area contributed by atoms with E-state index in [1.807, 2.05) is 0 Å². The average molecular weight is 504 g/mol. The van der Waals surface area contributed by atoms with Gasteiger partial charge in [0.2, 0.25) is 11.4 Å².